The van der Waals surface area contributed by atoms with Gasteiger partial charge in [0.2, 0.25) is 5.89 Å². The minimum absolute atomic E-state index is 0.117. The molecule has 0 amide bonds. The number of ether oxygens (including phenoxy) is 1. The summed E-state index contributed by atoms with van der Waals surface area (Å²) in [5.74, 6) is 1.82. The van der Waals surface area contributed by atoms with Gasteiger partial charge < -0.3 is 13.6 Å². The smallest absolute Gasteiger partial charge is 0.254 e. The number of halogens is 1. The van der Waals surface area contributed by atoms with Crippen molar-refractivity contribution >= 4 is 23.5 Å². The second-order valence-electron chi connectivity index (χ2n) is 6.03. The molecule has 2 aromatic heterocycles. The Balaban J connectivity index is 1.34. The molecule has 6 nitrogen and oxygen atoms in total. The van der Waals surface area contributed by atoms with E-state index in [4.69, 9.17) is 25.2 Å². The number of aromatic nitrogens is 2. The number of carbonyl (C=O) groups excluding carboxylic acids is 1. The molecule has 0 aliphatic rings. The molecule has 4 rings (SSSR count). The van der Waals surface area contributed by atoms with Crippen LogP contribution in [0.2, 0.25) is 5.02 Å². The summed E-state index contributed by atoms with van der Waals surface area (Å²) in [6, 6.07) is 17.5. The minimum atomic E-state index is -0.127. The molecular formula is C22H15ClN2O4. The third kappa shape index (κ3) is 4.80. The number of hydrogen-bond acceptors (Lipinski definition) is 6. The zero-order valence-corrected chi connectivity index (χ0v) is 15.9. The summed E-state index contributed by atoms with van der Waals surface area (Å²) in [5, 5.41) is 8.62. The molecule has 0 saturated carbocycles. The first-order valence-electron chi connectivity index (χ1n) is 8.74. The fraction of sp³-hybridized carbons (Fsp3) is 0.0455. The highest BCUT2D eigenvalue weighted by atomic mass is 35.5. The van der Waals surface area contributed by atoms with Crippen LogP contribution in [-0.4, -0.2) is 16.0 Å². The van der Waals surface area contributed by atoms with Gasteiger partial charge in [-0.15, -0.1) is 10.2 Å². The molecule has 4 aromatic rings. The summed E-state index contributed by atoms with van der Waals surface area (Å²) in [6.07, 6.45) is 4.64. The van der Waals surface area contributed by atoms with Crippen LogP contribution in [0.4, 0.5) is 0 Å². The maximum absolute atomic E-state index is 12.2. The lowest BCUT2D eigenvalue weighted by molar-refractivity contribution is 0.104. The molecule has 0 N–H and O–H groups in total. The van der Waals surface area contributed by atoms with Crippen molar-refractivity contribution in [2.24, 2.45) is 0 Å². The molecule has 0 aliphatic carbocycles. The van der Waals surface area contributed by atoms with Crippen LogP contribution in [0.3, 0.4) is 0 Å². The Kier molecular flexibility index (Phi) is 5.54. The van der Waals surface area contributed by atoms with Gasteiger partial charge in [-0.2, -0.15) is 0 Å². The SMILES string of the molecule is O=C(/C=C/c1ccco1)c1ccc(OCc2nnc(-c3ccc(Cl)cc3)o2)cc1. The Morgan fingerprint density at radius 3 is 2.55 bits per heavy atom. The molecule has 7 heteroatoms. The largest absolute Gasteiger partial charge is 0.484 e. The van der Waals surface area contributed by atoms with Gasteiger partial charge in [-0.05, 0) is 72.8 Å². The van der Waals surface area contributed by atoms with Gasteiger partial charge in [-0.25, -0.2) is 0 Å². The molecule has 0 unspecified atom stereocenters. The zero-order valence-electron chi connectivity index (χ0n) is 15.1. The molecule has 2 aromatic carbocycles. The van der Waals surface area contributed by atoms with E-state index < -0.39 is 0 Å². The van der Waals surface area contributed by atoms with Crippen molar-refractivity contribution in [3.05, 3.63) is 95.2 Å². The molecule has 0 aliphatic heterocycles. The average Bonchev–Trinajstić information content (AvgIpc) is 3.44. The van der Waals surface area contributed by atoms with Crippen LogP contribution in [0.5, 0.6) is 5.75 Å². The van der Waals surface area contributed by atoms with Crippen LogP contribution in [0, 0.1) is 0 Å². The summed E-state index contributed by atoms with van der Waals surface area (Å²) >= 11 is 5.88. The Labute approximate surface area is 171 Å². The first-order chi connectivity index (χ1) is 14.2. The summed E-state index contributed by atoms with van der Waals surface area (Å²) in [5.41, 5.74) is 1.32. The van der Waals surface area contributed by atoms with E-state index in [1.54, 1.807) is 73.0 Å². The van der Waals surface area contributed by atoms with E-state index in [9.17, 15) is 4.79 Å². The topological polar surface area (TPSA) is 78.4 Å². The predicted octanol–water partition coefficient (Wildman–Crippen LogP) is 5.46. The first kappa shape index (κ1) is 18.7. The van der Waals surface area contributed by atoms with Crippen LogP contribution >= 0.6 is 11.6 Å². The van der Waals surface area contributed by atoms with Gasteiger partial charge in [0.1, 0.15) is 11.5 Å². The molecule has 0 saturated heterocycles. The highest BCUT2D eigenvalue weighted by molar-refractivity contribution is 6.30. The van der Waals surface area contributed by atoms with E-state index >= 15 is 0 Å². The molecule has 144 valence electrons. The fourth-order valence-corrected chi connectivity index (χ4v) is 2.65. The van der Waals surface area contributed by atoms with Crippen molar-refractivity contribution in [1.29, 1.82) is 0 Å². The molecule has 0 atom stereocenters. The standard InChI is InChI=1S/C22H15ClN2O4/c23-17-7-3-16(4-8-17)22-25-24-21(29-22)14-28-19-9-5-15(6-10-19)20(26)12-11-18-2-1-13-27-18/h1-13H,14H2/b12-11+. The lowest BCUT2D eigenvalue weighted by Gasteiger charge is -2.03. The maximum atomic E-state index is 12.2. The lowest BCUT2D eigenvalue weighted by atomic mass is 10.1. The van der Waals surface area contributed by atoms with Gasteiger partial charge in [-0.3, -0.25) is 4.79 Å². The summed E-state index contributed by atoms with van der Waals surface area (Å²) in [4.78, 5) is 12.2. The third-order valence-corrected chi connectivity index (χ3v) is 4.25. The van der Waals surface area contributed by atoms with Crippen molar-refractivity contribution < 1.29 is 18.4 Å². The molecular weight excluding hydrogens is 392 g/mol. The van der Waals surface area contributed by atoms with Gasteiger partial charge in [0, 0.05) is 16.1 Å². The fourth-order valence-electron chi connectivity index (χ4n) is 2.52. The highest BCUT2D eigenvalue weighted by Gasteiger charge is 2.09. The highest BCUT2D eigenvalue weighted by Crippen LogP contribution is 2.21. The van der Waals surface area contributed by atoms with Gasteiger partial charge in [0.15, 0.2) is 12.4 Å². The summed E-state index contributed by atoms with van der Waals surface area (Å²) < 4.78 is 16.4. The number of rotatable bonds is 7. The number of benzene rings is 2. The van der Waals surface area contributed by atoms with Crippen LogP contribution in [0.25, 0.3) is 17.5 Å². The second-order valence-corrected chi connectivity index (χ2v) is 6.47. The zero-order chi connectivity index (χ0) is 20.1. The monoisotopic (exact) mass is 406 g/mol. The van der Waals surface area contributed by atoms with Crippen molar-refractivity contribution in [3.8, 4) is 17.2 Å². The lowest BCUT2D eigenvalue weighted by Crippen LogP contribution is -1.97. The number of furan rings is 1. The van der Waals surface area contributed by atoms with Crippen LogP contribution < -0.4 is 4.74 Å². The molecule has 0 bridgehead atoms. The van der Waals surface area contributed by atoms with Crippen LogP contribution in [0.15, 0.2) is 81.8 Å². The summed E-state index contributed by atoms with van der Waals surface area (Å²) in [6.45, 7) is 0.117. The first-order valence-corrected chi connectivity index (χ1v) is 9.12. The third-order valence-electron chi connectivity index (χ3n) is 4.00. The normalized spacial score (nSPS) is 11.1. The Morgan fingerprint density at radius 1 is 1.03 bits per heavy atom. The molecule has 0 fully saturated rings. The van der Waals surface area contributed by atoms with E-state index in [0.29, 0.717) is 33.9 Å². The number of allylic oxidation sites excluding steroid dienone is 1. The van der Waals surface area contributed by atoms with Crippen molar-refractivity contribution in [1.82, 2.24) is 10.2 Å². The molecule has 0 radical (unpaired) electrons. The van der Waals surface area contributed by atoms with E-state index in [1.165, 1.54) is 6.08 Å². The van der Waals surface area contributed by atoms with Crippen molar-refractivity contribution in [2.45, 2.75) is 6.61 Å². The Hall–Kier alpha value is -3.64. The van der Waals surface area contributed by atoms with E-state index in [1.807, 2.05) is 0 Å². The van der Waals surface area contributed by atoms with Crippen molar-refractivity contribution in [2.75, 3.05) is 0 Å². The van der Waals surface area contributed by atoms with Crippen LogP contribution in [0.1, 0.15) is 22.0 Å². The second kappa shape index (κ2) is 8.58. The van der Waals surface area contributed by atoms with Crippen LogP contribution in [-0.2, 0) is 6.61 Å². The molecule has 2 heterocycles. The molecule has 29 heavy (non-hydrogen) atoms. The van der Waals surface area contributed by atoms with Crippen molar-refractivity contribution in [3.63, 3.8) is 0 Å². The quantitative estimate of drug-likeness (QED) is 0.299. The van der Waals surface area contributed by atoms with E-state index in [2.05, 4.69) is 10.2 Å². The number of nitrogens with zero attached hydrogens (tertiary/aromatic N) is 2. The minimum Gasteiger partial charge on any atom is -0.484 e. The Bertz CT molecular complexity index is 1110. The number of carbonyl (C=O) groups is 1. The van der Waals surface area contributed by atoms with Gasteiger partial charge in [0.25, 0.3) is 5.89 Å². The predicted molar refractivity (Wildman–Crippen MR) is 108 cm³/mol. The van der Waals surface area contributed by atoms with E-state index in [0.717, 1.165) is 5.56 Å². The number of ketones is 1. The maximum Gasteiger partial charge on any atom is 0.254 e. The van der Waals surface area contributed by atoms with Gasteiger partial charge in [-0.1, -0.05) is 11.6 Å². The van der Waals surface area contributed by atoms with Gasteiger partial charge in [0.05, 0.1) is 6.26 Å². The van der Waals surface area contributed by atoms with E-state index in [-0.39, 0.29) is 12.4 Å². The summed E-state index contributed by atoms with van der Waals surface area (Å²) in [7, 11) is 0. The molecule has 0 spiro atoms. The number of hydrogen-bond donors (Lipinski definition) is 0. The average molecular weight is 407 g/mol. The van der Waals surface area contributed by atoms with Gasteiger partial charge >= 0.3 is 0 Å². The Morgan fingerprint density at radius 2 is 1.83 bits per heavy atom.